The molecule has 0 radical (unpaired) electrons. The van der Waals surface area contributed by atoms with E-state index in [0.717, 1.165) is 50.8 Å². The highest BCUT2D eigenvalue weighted by Crippen LogP contribution is 2.26. The van der Waals surface area contributed by atoms with Gasteiger partial charge in [0.15, 0.2) is 0 Å². The Labute approximate surface area is 142 Å². The number of hydrogen-bond donors (Lipinski definition) is 3. The molecule has 1 unspecified atom stereocenters. The summed E-state index contributed by atoms with van der Waals surface area (Å²) in [5.41, 5.74) is 1.45. The summed E-state index contributed by atoms with van der Waals surface area (Å²) in [4.78, 5) is 23.9. The number of carbonyl (C=O) groups is 2. The number of hydrogen-bond acceptors (Lipinski definition) is 3. The predicted molar refractivity (Wildman–Crippen MR) is 93.0 cm³/mol. The molecule has 1 atom stereocenters. The molecule has 24 heavy (non-hydrogen) atoms. The minimum atomic E-state index is -0.242. The molecule has 1 saturated carbocycles. The second-order valence-corrected chi connectivity index (χ2v) is 6.52. The lowest BCUT2D eigenvalue weighted by atomic mass is 10.1. The first kappa shape index (κ1) is 16.8. The van der Waals surface area contributed by atoms with Gasteiger partial charge in [-0.2, -0.15) is 0 Å². The van der Waals surface area contributed by atoms with E-state index >= 15 is 0 Å². The maximum absolute atomic E-state index is 12.1. The first-order chi connectivity index (χ1) is 11.7. The maximum atomic E-state index is 12.1. The SMILES string of the molecule is O=C(NCC1CCCO1)Nc1ccc(NC(=O)C2CCCC2)cc1. The molecule has 3 amide bonds. The summed E-state index contributed by atoms with van der Waals surface area (Å²) in [7, 11) is 0. The van der Waals surface area contributed by atoms with Gasteiger partial charge in [0.2, 0.25) is 5.91 Å². The van der Waals surface area contributed by atoms with Crippen LogP contribution in [0.5, 0.6) is 0 Å². The second-order valence-electron chi connectivity index (χ2n) is 6.52. The third kappa shape index (κ3) is 4.71. The van der Waals surface area contributed by atoms with Gasteiger partial charge in [-0.15, -0.1) is 0 Å². The van der Waals surface area contributed by atoms with Crippen molar-refractivity contribution in [2.24, 2.45) is 5.92 Å². The summed E-state index contributed by atoms with van der Waals surface area (Å²) in [5.74, 6) is 0.244. The summed E-state index contributed by atoms with van der Waals surface area (Å²) in [6.45, 7) is 1.31. The van der Waals surface area contributed by atoms with E-state index in [-0.39, 0.29) is 24.0 Å². The second kappa shape index (κ2) is 8.15. The molecule has 130 valence electrons. The number of amides is 3. The number of carbonyl (C=O) groups excluding carboxylic acids is 2. The number of benzene rings is 1. The fourth-order valence-corrected chi connectivity index (χ4v) is 3.26. The number of anilines is 2. The molecular formula is C18H25N3O3. The van der Waals surface area contributed by atoms with Gasteiger partial charge in [0.05, 0.1) is 6.10 Å². The van der Waals surface area contributed by atoms with Crippen LogP contribution in [-0.4, -0.2) is 31.2 Å². The fourth-order valence-electron chi connectivity index (χ4n) is 3.26. The van der Waals surface area contributed by atoms with Crippen molar-refractivity contribution in [3.05, 3.63) is 24.3 Å². The highest BCUT2D eigenvalue weighted by molar-refractivity contribution is 5.93. The smallest absolute Gasteiger partial charge is 0.319 e. The van der Waals surface area contributed by atoms with Crippen LogP contribution in [0.15, 0.2) is 24.3 Å². The molecule has 1 heterocycles. The van der Waals surface area contributed by atoms with Crippen LogP contribution in [0.25, 0.3) is 0 Å². The van der Waals surface area contributed by atoms with Gasteiger partial charge in [0.25, 0.3) is 0 Å². The van der Waals surface area contributed by atoms with Gasteiger partial charge in [0.1, 0.15) is 0 Å². The van der Waals surface area contributed by atoms with Gasteiger partial charge >= 0.3 is 6.03 Å². The van der Waals surface area contributed by atoms with Crippen LogP contribution in [0.1, 0.15) is 38.5 Å². The van der Waals surface area contributed by atoms with Crippen LogP contribution in [0, 0.1) is 5.92 Å². The Hall–Kier alpha value is -2.08. The zero-order chi connectivity index (χ0) is 16.8. The van der Waals surface area contributed by atoms with E-state index in [4.69, 9.17) is 4.74 Å². The molecule has 2 fully saturated rings. The monoisotopic (exact) mass is 331 g/mol. The Balaban J connectivity index is 1.43. The average molecular weight is 331 g/mol. The van der Waals surface area contributed by atoms with Gasteiger partial charge < -0.3 is 20.7 Å². The molecule has 0 bridgehead atoms. The van der Waals surface area contributed by atoms with Crippen molar-refractivity contribution in [1.29, 1.82) is 0 Å². The molecule has 2 aliphatic rings. The minimum Gasteiger partial charge on any atom is -0.376 e. The van der Waals surface area contributed by atoms with E-state index < -0.39 is 0 Å². The Kier molecular flexibility index (Phi) is 5.69. The summed E-state index contributed by atoms with van der Waals surface area (Å²) < 4.78 is 5.47. The number of rotatable bonds is 5. The molecule has 6 nitrogen and oxygen atoms in total. The summed E-state index contributed by atoms with van der Waals surface area (Å²) >= 11 is 0. The van der Waals surface area contributed by atoms with Crippen molar-refractivity contribution >= 4 is 23.3 Å². The highest BCUT2D eigenvalue weighted by Gasteiger charge is 2.22. The first-order valence-electron chi connectivity index (χ1n) is 8.78. The first-order valence-corrected chi connectivity index (χ1v) is 8.78. The van der Waals surface area contributed by atoms with Gasteiger partial charge in [-0.3, -0.25) is 4.79 Å². The molecule has 1 aliphatic carbocycles. The topological polar surface area (TPSA) is 79.5 Å². The molecule has 1 saturated heterocycles. The van der Waals surface area contributed by atoms with E-state index in [1.165, 1.54) is 0 Å². The average Bonchev–Trinajstić information content (AvgIpc) is 3.28. The van der Waals surface area contributed by atoms with Crippen LogP contribution >= 0.6 is 0 Å². The van der Waals surface area contributed by atoms with E-state index in [0.29, 0.717) is 12.2 Å². The van der Waals surface area contributed by atoms with Crippen molar-refractivity contribution in [2.75, 3.05) is 23.8 Å². The largest absolute Gasteiger partial charge is 0.376 e. The normalized spacial score (nSPS) is 20.8. The van der Waals surface area contributed by atoms with Gasteiger partial charge in [0, 0.05) is 30.4 Å². The maximum Gasteiger partial charge on any atom is 0.319 e. The van der Waals surface area contributed by atoms with Gasteiger partial charge in [-0.05, 0) is 49.9 Å². The van der Waals surface area contributed by atoms with Crippen molar-refractivity contribution in [2.45, 2.75) is 44.6 Å². The van der Waals surface area contributed by atoms with Gasteiger partial charge in [-0.25, -0.2) is 4.79 Å². The number of urea groups is 1. The zero-order valence-corrected chi connectivity index (χ0v) is 13.8. The molecular weight excluding hydrogens is 306 g/mol. The molecule has 6 heteroatoms. The number of nitrogens with one attached hydrogen (secondary N) is 3. The van der Waals surface area contributed by atoms with E-state index in [1.54, 1.807) is 12.1 Å². The Bertz CT molecular complexity index is 561. The number of ether oxygens (including phenoxy) is 1. The van der Waals surface area contributed by atoms with E-state index in [9.17, 15) is 9.59 Å². The quantitative estimate of drug-likeness (QED) is 0.775. The minimum absolute atomic E-state index is 0.0996. The van der Waals surface area contributed by atoms with E-state index in [1.807, 2.05) is 12.1 Å². The van der Waals surface area contributed by atoms with Crippen molar-refractivity contribution in [3.8, 4) is 0 Å². The Morgan fingerprint density at radius 2 is 1.62 bits per heavy atom. The van der Waals surface area contributed by atoms with Gasteiger partial charge in [-0.1, -0.05) is 12.8 Å². The molecule has 3 rings (SSSR count). The molecule has 1 aromatic carbocycles. The molecule has 1 aromatic rings. The third-order valence-corrected chi connectivity index (χ3v) is 4.65. The summed E-state index contributed by atoms with van der Waals surface area (Å²) in [6, 6.07) is 6.95. The molecule has 1 aliphatic heterocycles. The Morgan fingerprint density at radius 3 is 2.25 bits per heavy atom. The van der Waals surface area contributed by atoms with Crippen molar-refractivity contribution in [3.63, 3.8) is 0 Å². The van der Waals surface area contributed by atoms with Crippen molar-refractivity contribution < 1.29 is 14.3 Å². The lowest BCUT2D eigenvalue weighted by molar-refractivity contribution is -0.119. The van der Waals surface area contributed by atoms with E-state index in [2.05, 4.69) is 16.0 Å². The van der Waals surface area contributed by atoms with Crippen LogP contribution in [0.3, 0.4) is 0 Å². The lowest BCUT2D eigenvalue weighted by Crippen LogP contribution is -2.35. The Morgan fingerprint density at radius 1 is 0.958 bits per heavy atom. The van der Waals surface area contributed by atoms with Crippen LogP contribution in [0.2, 0.25) is 0 Å². The predicted octanol–water partition coefficient (Wildman–Crippen LogP) is 3.12. The third-order valence-electron chi connectivity index (χ3n) is 4.65. The highest BCUT2D eigenvalue weighted by atomic mass is 16.5. The molecule has 0 aromatic heterocycles. The lowest BCUT2D eigenvalue weighted by Gasteiger charge is -2.13. The fraction of sp³-hybridized carbons (Fsp3) is 0.556. The zero-order valence-electron chi connectivity index (χ0n) is 13.8. The summed E-state index contributed by atoms with van der Waals surface area (Å²) in [5, 5.41) is 8.54. The standard InChI is InChI=1S/C18H25N3O3/c22-17(13-4-1-2-5-13)20-14-7-9-15(10-8-14)21-18(23)19-12-16-6-3-11-24-16/h7-10,13,16H,1-6,11-12H2,(H,20,22)(H2,19,21,23). The van der Waals surface area contributed by atoms with Crippen LogP contribution in [-0.2, 0) is 9.53 Å². The summed E-state index contributed by atoms with van der Waals surface area (Å²) in [6.07, 6.45) is 6.43. The molecule has 0 spiro atoms. The van der Waals surface area contributed by atoms with Crippen molar-refractivity contribution in [1.82, 2.24) is 5.32 Å². The van der Waals surface area contributed by atoms with Crippen LogP contribution in [0.4, 0.5) is 16.2 Å². The molecule has 3 N–H and O–H groups in total. The van der Waals surface area contributed by atoms with Crippen LogP contribution < -0.4 is 16.0 Å².